The lowest BCUT2D eigenvalue weighted by atomic mass is 9.99. The van der Waals surface area contributed by atoms with Crippen LogP contribution in [0, 0.1) is 5.92 Å². The second-order valence-corrected chi connectivity index (χ2v) is 10.7. The zero-order chi connectivity index (χ0) is 13.6. The lowest BCUT2D eigenvalue weighted by molar-refractivity contribution is -0.664. The Morgan fingerprint density at radius 1 is 1.11 bits per heavy atom. The fourth-order valence-corrected chi connectivity index (χ4v) is 1.98. The van der Waals surface area contributed by atoms with E-state index in [1.807, 2.05) is 0 Å². The van der Waals surface area contributed by atoms with Gasteiger partial charge >= 0.3 is 11.9 Å². The normalized spacial score (nSPS) is 17.3. The molecule has 0 unspecified atom stereocenters. The molecule has 18 heavy (non-hydrogen) atoms. The second-order valence-electron chi connectivity index (χ2n) is 3.94. The Balaban J connectivity index is 2.14. The van der Waals surface area contributed by atoms with E-state index < -0.39 is 8.11 Å². The molecule has 0 spiro atoms. The molecule has 104 valence electrons. The van der Waals surface area contributed by atoms with Gasteiger partial charge in [0.25, 0.3) is 0 Å². The van der Waals surface area contributed by atoms with Crippen molar-refractivity contribution < 1.29 is 24.4 Å². The number of halogens is 3. The molecule has 0 atom stereocenters. The van der Waals surface area contributed by atoms with Gasteiger partial charge in [0, 0.05) is 12.8 Å². The van der Waals surface area contributed by atoms with Crippen LogP contribution in [0.25, 0.3) is 0 Å². The van der Waals surface area contributed by atoms with Crippen molar-refractivity contribution in [1.82, 2.24) is 0 Å². The van der Waals surface area contributed by atoms with E-state index in [0.717, 1.165) is 25.9 Å². The first-order chi connectivity index (χ1) is 8.41. The molecule has 0 saturated carbocycles. The molecule has 1 aliphatic rings. The minimum atomic E-state index is -1.07. The van der Waals surface area contributed by atoms with Crippen LogP contribution in [0.4, 0.5) is 0 Å². The first-order valence-corrected chi connectivity index (χ1v) is 8.01. The van der Waals surface area contributed by atoms with E-state index in [1.54, 1.807) is 0 Å². The number of ether oxygens (including phenoxy) is 2. The van der Waals surface area contributed by atoms with Crippen LogP contribution in [0.2, 0.25) is 0 Å². The summed E-state index contributed by atoms with van der Waals surface area (Å²) in [4.78, 5) is 22.9. The highest BCUT2D eigenvalue weighted by Crippen LogP contribution is 2.34. The van der Waals surface area contributed by atoms with Crippen molar-refractivity contribution in [3.63, 3.8) is 0 Å². The number of piperidine rings is 1. The molecule has 1 fully saturated rings. The highest BCUT2D eigenvalue weighted by molar-refractivity contribution is 9.40. The Bertz CT molecular complexity index is 300. The van der Waals surface area contributed by atoms with Gasteiger partial charge in [0.2, 0.25) is 2.14 Å². The molecule has 1 heterocycles. The summed E-state index contributed by atoms with van der Waals surface area (Å²) in [7, 11) is 0. The third-order valence-electron chi connectivity index (χ3n) is 2.56. The first-order valence-electron chi connectivity index (χ1n) is 5.63. The monoisotopic (exact) mass is 450 g/mol. The number of esters is 2. The van der Waals surface area contributed by atoms with Gasteiger partial charge in [-0.15, -0.1) is 0 Å². The lowest BCUT2D eigenvalue weighted by Gasteiger charge is -2.19. The van der Waals surface area contributed by atoms with Gasteiger partial charge in [0.1, 0.15) is 13.2 Å². The molecule has 0 aromatic heterocycles. The fourth-order valence-electron chi connectivity index (χ4n) is 1.64. The third-order valence-corrected chi connectivity index (χ3v) is 3.54. The van der Waals surface area contributed by atoms with Crippen LogP contribution in [-0.2, 0) is 19.1 Å². The van der Waals surface area contributed by atoms with Gasteiger partial charge in [0.15, 0.2) is 0 Å². The van der Waals surface area contributed by atoms with Crippen molar-refractivity contribution in [2.24, 2.45) is 5.92 Å². The van der Waals surface area contributed by atoms with Gasteiger partial charge < -0.3 is 14.8 Å². The number of alkyl halides is 3. The third kappa shape index (κ3) is 5.99. The van der Waals surface area contributed by atoms with Crippen molar-refractivity contribution >= 4 is 59.7 Å². The van der Waals surface area contributed by atoms with Gasteiger partial charge in [0.05, 0.1) is 19.0 Å². The van der Waals surface area contributed by atoms with Gasteiger partial charge in [-0.3, -0.25) is 4.79 Å². The molecule has 1 rings (SSSR count). The summed E-state index contributed by atoms with van der Waals surface area (Å²) in [5, 5.41) is 2.19. The molecule has 1 aliphatic heterocycles. The van der Waals surface area contributed by atoms with Crippen molar-refractivity contribution in [1.29, 1.82) is 0 Å². The van der Waals surface area contributed by atoms with Crippen LogP contribution < -0.4 is 5.32 Å². The average Bonchev–Trinajstić information content (AvgIpc) is 2.34. The highest BCUT2D eigenvalue weighted by Gasteiger charge is 2.30. The summed E-state index contributed by atoms with van der Waals surface area (Å²) in [5.74, 6) is -0.721. The van der Waals surface area contributed by atoms with E-state index in [2.05, 4.69) is 53.1 Å². The van der Waals surface area contributed by atoms with Crippen molar-refractivity contribution in [2.75, 3.05) is 26.3 Å². The lowest BCUT2D eigenvalue weighted by Crippen LogP contribution is -2.86. The van der Waals surface area contributed by atoms with Gasteiger partial charge in [-0.2, -0.15) is 0 Å². The van der Waals surface area contributed by atoms with Gasteiger partial charge in [-0.25, -0.2) is 4.79 Å². The molecule has 0 aromatic rings. The van der Waals surface area contributed by atoms with Gasteiger partial charge in [-0.1, -0.05) is 0 Å². The quantitative estimate of drug-likeness (QED) is 0.390. The Labute approximate surface area is 131 Å². The Hall–Kier alpha value is 0.340. The van der Waals surface area contributed by atoms with Crippen molar-refractivity contribution in [2.45, 2.75) is 15.0 Å². The minimum Gasteiger partial charge on any atom is -0.462 e. The molecule has 0 aliphatic carbocycles. The largest absolute Gasteiger partial charge is 0.462 e. The zero-order valence-electron chi connectivity index (χ0n) is 9.66. The Morgan fingerprint density at radius 3 is 2.22 bits per heavy atom. The molecule has 0 bridgehead atoms. The van der Waals surface area contributed by atoms with Crippen LogP contribution in [0.1, 0.15) is 12.8 Å². The van der Waals surface area contributed by atoms with Crippen molar-refractivity contribution in [3.8, 4) is 0 Å². The standard InChI is InChI=1S/C10H14Br3NO4/c11-10(12,13)9(16)18-6-5-17-8(15)7-1-3-14-4-2-7/h7,14H,1-6H2/p+1. The van der Waals surface area contributed by atoms with Crippen LogP contribution >= 0.6 is 47.8 Å². The SMILES string of the molecule is O=C(OCCOC(=O)C(Br)(Br)Br)C1CC[NH2+]CC1. The molecule has 0 radical (unpaired) electrons. The van der Waals surface area contributed by atoms with E-state index in [1.165, 1.54) is 0 Å². The predicted molar refractivity (Wildman–Crippen MR) is 75.8 cm³/mol. The zero-order valence-corrected chi connectivity index (χ0v) is 14.4. The minimum absolute atomic E-state index is 0.00619. The maximum Gasteiger partial charge on any atom is 0.345 e. The summed E-state index contributed by atoms with van der Waals surface area (Å²) in [6, 6.07) is 0. The highest BCUT2D eigenvalue weighted by atomic mass is 80.0. The summed E-state index contributed by atoms with van der Waals surface area (Å²) in [5.41, 5.74) is 0. The van der Waals surface area contributed by atoms with E-state index in [4.69, 9.17) is 9.47 Å². The Kier molecular flexibility index (Phi) is 7.12. The topological polar surface area (TPSA) is 69.2 Å². The molecule has 2 N–H and O–H groups in total. The number of hydrogen-bond donors (Lipinski definition) is 1. The molecule has 1 saturated heterocycles. The van der Waals surface area contributed by atoms with E-state index in [-0.39, 0.29) is 25.1 Å². The fraction of sp³-hybridized carbons (Fsp3) is 0.800. The van der Waals surface area contributed by atoms with Crippen molar-refractivity contribution in [3.05, 3.63) is 0 Å². The van der Waals surface area contributed by atoms with E-state index in [9.17, 15) is 9.59 Å². The smallest absolute Gasteiger partial charge is 0.345 e. The summed E-state index contributed by atoms with van der Waals surface area (Å²) >= 11 is 9.11. The number of hydrogen-bond acceptors (Lipinski definition) is 4. The maximum atomic E-state index is 11.6. The molecular formula is C10H15Br3NO4+. The second kappa shape index (κ2) is 7.81. The molecule has 0 amide bonds. The number of carbonyl (C=O) groups excluding carboxylic acids is 2. The molecular weight excluding hydrogens is 438 g/mol. The van der Waals surface area contributed by atoms with Gasteiger partial charge in [-0.05, 0) is 47.8 Å². The molecule has 8 heteroatoms. The van der Waals surface area contributed by atoms with Crippen LogP contribution in [0.5, 0.6) is 0 Å². The predicted octanol–water partition coefficient (Wildman–Crippen LogP) is 0.885. The number of rotatable bonds is 4. The number of carbonyl (C=O) groups is 2. The average molecular weight is 453 g/mol. The summed E-state index contributed by atoms with van der Waals surface area (Å²) in [6.45, 7) is 2.07. The van der Waals surface area contributed by atoms with E-state index in [0.29, 0.717) is 0 Å². The first kappa shape index (κ1) is 16.4. The van der Waals surface area contributed by atoms with Crippen LogP contribution in [0.15, 0.2) is 0 Å². The molecule has 5 nitrogen and oxygen atoms in total. The van der Waals surface area contributed by atoms with Crippen LogP contribution in [-0.4, -0.2) is 40.4 Å². The maximum absolute atomic E-state index is 11.6. The summed E-state index contributed by atoms with van der Waals surface area (Å²) < 4.78 is 8.88. The van der Waals surface area contributed by atoms with E-state index >= 15 is 0 Å². The molecule has 0 aromatic carbocycles. The Morgan fingerprint density at radius 2 is 1.67 bits per heavy atom. The number of quaternary nitrogens is 1. The number of nitrogens with two attached hydrogens (primary N) is 1. The van der Waals surface area contributed by atoms with Crippen LogP contribution in [0.3, 0.4) is 0 Å². The summed E-state index contributed by atoms with van der Waals surface area (Å²) in [6.07, 6.45) is 1.71.